The molecule has 166 valence electrons. The first-order chi connectivity index (χ1) is 12.2. The van der Waals surface area contributed by atoms with Crippen molar-refractivity contribution >= 4 is 5.97 Å². The van der Waals surface area contributed by atoms with E-state index in [0.717, 1.165) is 0 Å². The Morgan fingerprint density at radius 2 is 1.07 bits per heavy atom. The molecule has 0 unspecified atom stereocenters. The highest BCUT2D eigenvalue weighted by Gasteiger charge is 2.81. The normalized spacial score (nSPS) is 14.8. The number of halogens is 13. The van der Waals surface area contributed by atoms with Gasteiger partial charge >= 0.3 is 41.8 Å². The number of hydrogen-bond donors (Lipinski definition) is 0. The van der Waals surface area contributed by atoms with Gasteiger partial charge in [-0.1, -0.05) is 6.58 Å². The van der Waals surface area contributed by atoms with Gasteiger partial charge in [-0.15, -0.1) is 0 Å². The van der Waals surface area contributed by atoms with E-state index in [1.807, 2.05) is 0 Å². The Balaban J connectivity index is 5.30. The molecule has 0 bridgehead atoms. The summed E-state index contributed by atoms with van der Waals surface area (Å²) in [5.41, 5.74) is 0. The van der Waals surface area contributed by atoms with Crippen LogP contribution in [0.4, 0.5) is 57.1 Å². The second kappa shape index (κ2) is 7.97. The number of hydrogen-bond acceptors (Lipinski definition) is 2. The van der Waals surface area contributed by atoms with Crippen LogP contribution in [-0.4, -0.2) is 48.4 Å². The van der Waals surface area contributed by atoms with E-state index < -0.39 is 67.6 Å². The van der Waals surface area contributed by atoms with Crippen molar-refractivity contribution in [2.24, 2.45) is 0 Å². The van der Waals surface area contributed by atoms with Crippen LogP contribution >= 0.6 is 0 Å². The van der Waals surface area contributed by atoms with Crippen LogP contribution in [-0.2, 0) is 9.53 Å². The summed E-state index contributed by atoms with van der Waals surface area (Å²) < 4.78 is 170. The molecule has 0 saturated heterocycles. The fraction of sp³-hybridized carbons (Fsp3) is 0.769. The number of rotatable bonds is 10. The molecule has 0 N–H and O–H groups in total. The van der Waals surface area contributed by atoms with Crippen LogP contribution in [0.1, 0.15) is 19.3 Å². The van der Waals surface area contributed by atoms with Crippen molar-refractivity contribution < 1.29 is 66.6 Å². The van der Waals surface area contributed by atoms with Crippen LogP contribution in [0, 0.1) is 0 Å². The fourth-order valence-electron chi connectivity index (χ4n) is 1.58. The molecule has 28 heavy (non-hydrogen) atoms. The van der Waals surface area contributed by atoms with Gasteiger partial charge in [0.15, 0.2) is 0 Å². The first-order valence-electron chi connectivity index (χ1n) is 6.91. The highest BCUT2D eigenvalue weighted by Crippen LogP contribution is 2.55. The summed E-state index contributed by atoms with van der Waals surface area (Å²) in [6.45, 7) is 1.45. The minimum Gasteiger partial charge on any atom is -0.462 e. The van der Waals surface area contributed by atoms with Gasteiger partial charge in [-0.25, -0.2) is 4.79 Å². The molecule has 2 nitrogen and oxygen atoms in total. The lowest BCUT2D eigenvalue weighted by molar-refractivity contribution is -0.398. The van der Waals surface area contributed by atoms with E-state index in [1.165, 1.54) is 0 Å². The Bertz CT molecular complexity index is 565. The molecular weight excluding hydrogens is 435 g/mol. The topological polar surface area (TPSA) is 26.3 Å². The van der Waals surface area contributed by atoms with E-state index in [-0.39, 0.29) is 0 Å². The van der Waals surface area contributed by atoms with Crippen molar-refractivity contribution in [1.29, 1.82) is 0 Å². The molecule has 0 fully saturated rings. The van der Waals surface area contributed by atoms with Gasteiger partial charge in [0.1, 0.15) is 0 Å². The zero-order valence-corrected chi connectivity index (χ0v) is 13.3. The van der Waals surface area contributed by atoms with E-state index in [9.17, 15) is 61.9 Å². The number of carbonyl (C=O) groups is 1. The summed E-state index contributed by atoms with van der Waals surface area (Å²) >= 11 is 0. The molecule has 0 aliphatic carbocycles. The summed E-state index contributed by atoms with van der Waals surface area (Å²) in [7, 11) is 0. The molecule has 0 rings (SSSR count). The Hall–Kier alpha value is -1.70. The molecule has 0 aromatic rings. The van der Waals surface area contributed by atoms with E-state index in [2.05, 4.69) is 11.3 Å². The van der Waals surface area contributed by atoms with Crippen LogP contribution in [0.2, 0.25) is 0 Å². The van der Waals surface area contributed by atoms with Gasteiger partial charge in [0, 0.05) is 18.9 Å². The fourth-order valence-corrected chi connectivity index (χ4v) is 1.58. The van der Waals surface area contributed by atoms with Gasteiger partial charge in [0.2, 0.25) is 0 Å². The predicted molar refractivity (Wildman–Crippen MR) is 65.8 cm³/mol. The number of alkyl halides is 13. The molecule has 0 heterocycles. The lowest BCUT2D eigenvalue weighted by Crippen LogP contribution is -2.61. The van der Waals surface area contributed by atoms with Crippen molar-refractivity contribution in [2.45, 2.75) is 55.1 Å². The van der Waals surface area contributed by atoms with Gasteiger partial charge in [0.25, 0.3) is 0 Å². The lowest BCUT2D eigenvalue weighted by Gasteiger charge is -2.35. The summed E-state index contributed by atoms with van der Waals surface area (Å²) in [4.78, 5) is 10.6. The van der Waals surface area contributed by atoms with E-state index in [1.54, 1.807) is 0 Å². The zero-order valence-electron chi connectivity index (χ0n) is 13.3. The number of carbonyl (C=O) groups excluding carboxylic acids is 1. The minimum absolute atomic E-state index is 0.458. The number of ether oxygens (including phenoxy) is 1. The van der Waals surface area contributed by atoms with Crippen molar-refractivity contribution in [3.63, 3.8) is 0 Å². The summed E-state index contributed by atoms with van der Waals surface area (Å²) in [5.74, 6) is -33.0. The quantitative estimate of drug-likeness (QED) is 0.247. The third-order valence-electron chi connectivity index (χ3n) is 3.32. The Kier molecular flexibility index (Phi) is 7.48. The average Bonchev–Trinajstić information content (AvgIpc) is 2.51. The van der Waals surface area contributed by atoms with Crippen molar-refractivity contribution in [1.82, 2.24) is 0 Å². The SMILES string of the molecule is C=CC(=O)OCCC(F)(F)C(F)(F)CCC(F)(F)C(F)(F)C(F)(F)C(F)(F)F. The van der Waals surface area contributed by atoms with Crippen molar-refractivity contribution in [3.05, 3.63) is 12.7 Å². The average molecular weight is 446 g/mol. The van der Waals surface area contributed by atoms with Crippen molar-refractivity contribution in [3.8, 4) is 0 Å². The molecule has 0 aliphatic heterocycles. The maximum Gasteiger partial charge on any atom is 0.460 e. The van der Waals surface area contributed by atoms with E-state index >= 15 is 0 Å². The molecule has 0 aromatic carbocycles. The van der Waals surface area contributed by atoms with Crippen LogP contribution < -0.4 is 0 Å². The molecule has 15 heteroatoms. The highest BCUT2D eigenvalue weighted by molar-refractivity contribution is 5.81. The first kappa shape index (κ1) is 26.3. The molecule has 0 radical (unpaired) electrons. The molecule has 0 saturated carbocycles. The third-order valence-corrected chi connectivity index (χ3v) is 3.32. The summed E-state index contributed by atoms with van der Waals surface area (Å²) in [6, 6.07) is 0. The second-order valence-electron chi connectivity index (χ2n) is 5.38. The molecule has 0 atom stereocenters. The smallest absolute Gasteiger partial charge is 0.460 e. The van der Waals surface area contributed by atoms with Crippen LogP contribution in [0.3, 0.4) is 0 Å². The van der Waals surface area contributed by atoms with Crippen LogP contribution in [0.25, 0.3) is 0 Å². The molecule has 0 aromatic heterocycles. The zero-order chi connectivity index (χ0) is 22.8. The third kappa shape index (κ3) is 5.21. The van der Waals surface area contributed by atoms with Gasteiger partial charge in [-0.2, -0.15) is 57.1 Å². The molecule has 0 amide bonds. The summed E-state index contributed by atoms with van der Waals surface area (Å²) in [5, 5.41) is 0. The van der Waals surface area contributed by atoms with Crippen molar-refractivity contribution in [2.75, 3.05) is 6.61 Å². The Labute approximate surface area is 148 Å². The second-order valence-corrected chi connectivity index (χ2v) is 5.38. The Morgan fingerprint density at radius 1 is 0.679 bits per heavy atom. The monoisotopic (exact) mass is 446 g/mol. The van der Waals surface area contributed by atoms with Gasteiger partial charge in [-0.3, -0.25) is 0 Å². The number of esters is 1. The van der Waals surface area contributed by atoms with Crippen LogP contribution in [0.5, 0.6) is 0 Å². The van der Waals surface area contributed by atoms with Crippen LogP contribution in [0.15, 0.2) is 12.7 Å². The van der Waals surface area contributed by atoms with Gasteiger partial charge in [-0.05, 0) is 0 Å². The standard InChI is InChI=1S/C13H11F13O2/c1-2-7(27)28-6-5-9(16,17)8(14,15)3-4-10(18,19)11(20,21)12(22,23)13(24,25)26/h2H,1,3-6H2. The first-order valence-corrected chi connectivity index (χ1v) is 6.91. The molecule has 0 aliphatic rings. The lowest BCUT2D eigenvalue weighted by atomic mass is 9.95. The van der Waals surface area contributed by atoms with Gasteiger partial charge < -0.3 is 4.74 Å². The minimum atomic E-state index is -7.32. The Morgan fingerprint density at radius 3 is 1.46 bits per heavy atom. The predicted octanol–water partition coefficient (Wildman–Crippen LogP) is 5.62. The maximum atomic E-state index is 13.4. The summed E-state index contributed by atoms with van der Waals surface area (Å²) in [6.07, 6.45) is -14.7. The van der Waals surface area contributed by atoms with E-state index in [0.29, 0.717) is 6.08 Å². The highest BCUT2D eigenvalue weighted by atomic mass is 19.4. The molecule has 0 spiro atoms. The van der Waals surface area contributed by atoms with E-state index in [4.69, 9.17) is 0 Å². The largest absolute Gasteiger partial charge is 0.462 e. The molecular formula is C13H11F13O2. The van der Waals surface area contributed by atoms with Gasteiger partial charge in [0.05, 0.1) is 13.0 Å². The maximum absolute atomic E-state index is 13.4.